The average molecular weight is 349 g/mol. The van der Waals surface area contributed by atoms with Gasteiger partial charge in [-0.1, -0.05) is 30.3 Å². The molecule has 0 bridgehead atoms. The molecule has 0 aliphatic carbocycles. The van der Waals surface area contributed by atoms with Crippen molar-refractivity contribution in [2.24, 2.45) is 0 Å². The summed E-state index contributed by atoms with van der Waals surface area (Å²) in [7, 11) is 0. The smallest absolute Gasteiger partial charge is 0.244 e. The zero-order valence-electron chi connectivity index (χ0n) is 13.8. The number of amides is 1. The Bertz CT molecular complexity index is 865. The Hall–Kier alpha value is -2.66. The quantitative estimate of drug-likeness (QED) is 0.399. The molecule has 3 rings (SSSR count). The number of benzene rings is 2. The molecule has 0 fully saturated rings. The largest absolute Gasteiger partial charge is 0.353 e. The van der Waals surface area contributed by atoms with Crippen LogP contribution in [0.5, 0.6) is 0 Å². The van der Waals surface area contributed by atoms with E-state index in [2.05, 4.69) is 27.4 Å². The highest BCUT2D eigenvalue weighted by molar-refractivity contribution is 7.99. The molecule has 1 amide bonds. The number of nitrogens with zero attached hydrogens (tertiary/aromatic N) is 2. The lowest BCUT2D eigenvalue weighted by molar-refractivity contribution is -0.116. The number of aromatic nitrogens is 2. The van der Waals surface area contributed by atoms with Crippen molar-refractivity contribution in [3.05, 3.63) is 72.6 Å². The lowest BCUT2D eigenvalue weighted by atomic mass is 10.3. The fourth-order valence-corrected chi connectivity index (χ4v) is 3.14. The van der Waals surface area contributed by atoms with Crippen molar-refractivity contribution in [1.82, 2.24) is 15.3 Å². The highest BCUT2D eigenvalue weighted by atomic mass is 32.2. The third-order valence-electron chi connectivity index (χ3n) is 3.50. The second-order valence-electron chi connectivity index (χ2n) is 5.42. The van der Waals surface area contributed by atoms with Crippen LogP contribution in [-0.2, 0) is 4.79 Å². The summed E-state index contributed by atoms with van der Waals surface area (Å²) in [5.41, 5.74) is 2.34. The fraction of sp³-hybridized carbons (Fsp3) is 0.150. The van der Waals surface area contributed by atoms with Gasteiger partial charge in [-0.15, -0.1) is 11.8 Å². The van der Waals surface area contributed by atoms with Crippen LogP contribution in [0.15, 0.2) is 71.8 Å². The predicted molar refractivity (Wildman–Crippen MR) is 103 cm³/mol. The summed E-state index contributed by atoms with van der Waals surface area (Å²) in [5.74, 6) is 0.865. The van der Waals surface area contributed by atoms with E-state index in [1.165, 1.54) is 11.0 Å². The van der Waals surface area contributed by atoms with Crippen molar-refractivity contribution >= 4 is 34.8 Å². The van der Waals surface area contributed by atoms with Crippen molar-refractivity contribution in [3.8, 4) is 0 Å². The zero-order chi connectivity index (χ0) is 17.3. The summed E-state index contributed by atoms with van der Waals surface area (Å²) in [6.45, 7) is 0.659. The third-order valence-corrected chi connectivity index (χ3v) is 4.60. The van der Waals surface area contributed by atoms with Gasteiger partial charge in [0.25, 0.3) is 0 Å². The highest BCUT2D eigenvalue weighted by Crippen LogP contribution is 2.17. The molecular formula is C20H19N3OS. The van der Waals surface area contributed by atoms with Crippen LogP contribution in [0.25, 0.3) is 17.1 Å². The number of rotatable bonds is 7. The van der Waals surface area contributed by atoms with E-state index in [0.29, 0.717) is 12.2 Å². The molecule has 0 aliphatic rings. The molecule has 0 atom stereocenters. The van der Waals surface area contributed by atoms with Gasteiger partial charge in [0.2, 0.25) is 5.91 Å². The maximum absolute atomic E-state index is 11.9. The molecule has 4 nitrogen and oxygen atoms in total. The van der Waals surface area contributed by atoms with Crippen LogP contribution >= 0.6 is 11.8 Å². The normalized spacial score (nSPS) is 11.0. The van der Waals surface area contributed by atoms with Gasteiger partial charge in [-0.3, -0.25) is 9.78 Å². The van der Waals surface area contributed by atoms with E-state index < -0.39 is 0 Å². The van der Waals surface area contributed by atoms with Crippen LogP contribution in [0.3, 0.4) is 0 Å². The van der Waals surface area contributed by atoms with Crippen LogP contribution in [0.4, 0.5) is 0 Å². The first-order valence-corrected chi connectivity index (χ1v) is 9.15. The lowest BCUT2D eigenvalue weighted by Crippen LogP contribution is -2.22. The van der Waals surface area contributed by atoms with Gasteiger partial charge in [0.1, 0.15) is 0 Å². The molecule has 1 aromatic heterocycles. The zero-order valence-corrected chi connectivity index (χ0v) is 14.6. The van der Waals surface area contributed by atoms with E-state index in [1.54, 1.807) is 24.0 Å². The predicted octanol–water partition coefficient (Wildman–Crippen LogP) is 3.94. The van der Waals surface area contributed by atoms with E-state index in [1.807, 2.05) is 42.5 Å². The molecule has 0 spiro atoms. The van der Waals surface area contributed by atoms with Crippen molar-refractivity contribution < 1.29 is 4.79 Å². The molecule has 3 aromatic rings. The van der Waals surface area contributed by atoms with Gasteiger partial charge < -0.3 is 5.32 Å². The van der Waals surface area contributed by atoms with Crippen molar-refractivity contribution in [2.45, 2.75) is 11.3 Å². The number of carbonyl (C=O) groups excluding carboxylic acids is 1. The Kier molecular flexibility index (Phi) is 6.17. The molecule has 25 heavy (non-hydrogen) atoms. The van der Waals surface area contributed by atoms with Crippen LogP contribution < -0.4 is 5.32 Å². The SMILES string of the molecule is O=C(/C=C/c1cnc2ccccc2n1)NCCCSc1ccccc1. The van der Waals surface area contributed by atoms with Gasteiger partial charge in [-0.05, 0) is 42.5 Å². The van der Waals surface area contributed by atoms with Crippen LogP contribution in [0.1, 0.15) is 12.1 Å². The van der Waals surface area contributed by atoms with Crippen LogP contribution in [0, 0.1) is 0 Å². The molecule has 0 saturated heterocycles. The van der Waals surface area contributed by atoms with Gasteiger partial charge in [-0.25, -0.2) is 4.98 Å². The minimum Gasteiger partial charge on any atom is -0.353 e. The number of nitrogens with one attached hydrogen (secondary N) is 1. The molecular weight excluding hydrogens is 330 g/mol. The Morgan fingerprint density at radius 1 is 1.04 bits per heavy atom. The first-order valence-electron chi connectivity index (χ1n) is 8.17. The van der Waals surface area contributed by atoms with E-state index in [-0.39, 0.29) is 5.91 Å². The highest BCUT2D eigenvalue weighted by Gasteiger charge is 1.99. The van der Waals surface area contributed by atoms with Crippen molar-refractivity contribution in [2.75, 3.05) is 12.3 Å². The minimum atomic E-state index is -0.111. The van der Waals surface area contributed by atoms with Gasteiger partial charge in [0.15, 0.2) is 0 Å². The van der Waals surface area contributed by atoms with E-state index >= 15 is 0 Å². The second-order valence-corrected chi connectivity index (χ2v) is 6.59. The Morgan fingerprint density at radius 3 is 2.64 bits per heavy atom. The summed E-state index contributed by atoms with van der Waals surface area (Å²) < 4.78 is 0. The summed E-state index contributed by atoms with van der Waals surface area (Å²) in [6, 6.07) is 17.9. The Balaban J connectivity index is 1.41. The van der Waals surface area contributed by atoms with Gasteiger partial charge in [-0.2, -0.15) is 0 Å². The number of hydrogen-bond donors (Lipinski definition) is 1. The number of para-hydroxylation sites is 2. The molecule has 0 saturated carbocycles. The molecule has 1 N–H and O–H groups in total. The van der Waals surface area contributed by atoms with E-state index in [0.717, 1.165) is 23.2 Å². The lowest BCUT2D eigenvalue weighted by Gasteiger charge is -2.03. The molecule has 2 aromatic carbocycles. The summed E-state index contributed by atoms with van der Waals surface area (Å²) in [4.78, 5) is 21.9. The van der Waals surface area contributed by atoms with Gasteiger partial charge in [0, 0.05) is 17.5 Å². The molecule has 1 heterocycles. The average Bonchev–Trinajstić information content (AvgIpc) is 2.67. The molecule has 126 valence electrons. The molecule has 5 heteroatoms. The first-order chi connectivity index (χ1) is 12.3. The monoisotopic (exact) mass is 349 g/mol. The first kappa shape index (κ1) is 17.2. The third kappa shape index (κ3) is 5.43. The summed E-state index contributed by atoms with van der Waals surface area (Å²) in [6.07, 6.45) is 5.79. The van der Waals surface area contributed by atoms with Gasteiger partial charge >= 0.3 is 0 Å². The Morgan fingerprint density at radius 2 is 1.80 bits per heavy atom. The van der Waals surface area contributed by atoms with Crippen LogP contribution in [-0.4, -0.2) is 28.2 Å². The molecule has 0 aliphatic heterocycles. The molecule has 0 unspecified atom stereocenters. The number of carbonyl (C=O) groups is 1. The summed E-state index contributed by atoms with van der Waals surface area (Å²) in [5, 5.41) is 2.89. The second kappa shape index (κ2) is 8.99. The summed E-state index contributed by atoms with van der Waals surface area (Å²) >= 11 is 1.80. The molecule has 0 radical (unpaired) electrons. The Labute approximate surface area is 151 Å². The van der Waals surface area contributed by atoms with Crippen molar-refractivity contribution in [1.29, 1.82) is 0 Å². The van der Waals surface area contributed by atoms with E-state index in [4.69, 9.17) is 0 Å². The van der Waals surface area contributed by atoms with Crippen LogP contribution in [0.2, 0.25) is 0 Å². The minimum absolute atomic E-state index is 0.111. The van der Waals surface area contributed by atoms with Crippen molar-refractivity contribution in [3.63, 3.8) is 0 Å². The number of hydrogen-bond acceptors (Lipinski definition) is 4. The number of thioether (sulfide) groups is 1. The topological polar surface area (TPSA) is 54.9 Å². The maximum Gasteiger partial charge on any atom is 0.244 e. The van der Waals surface area contributed by atoms with E-state index in [9.17, 15) is 4.79 Å². The van der Waals surface area contributed by atoms with Gasteiger partial charge in [0.05, 0.1) is 22.9 Å². The number of fused-ring (bicyclic) bond motifs is 1. The maximum atomic E-state index is 11.9. The fourth-order valence-electron chi connectivity index (χ4n) is 2.26. The standard InChI is InChI=1S/C20H19N3OS/c24-20(21-13-6-14-25-17-7-2-1-3-8-17)12-11-16-15-22-18-9-4-5-10-19(18)23-16/h1-5,7-12,15H,6,13-14H2,(H,21,24)/b12-11+.